The van der Waals surface area contributed by atoms with Crippen molar-refractivity contribution in [2.24, 2.45) is 5.73 Å². The zero-order valence-electron chi connectivity index (χ0n) is 19.9. The molecule has 4 heterocycles. The summed E-state index contributed by atoms with van der Waals surface area (Å²) in [5.41, 5.74) is 12.5. The van der Waals surface area contributed by atoms with Gasteiger partial charge in [-0.25, -0.2) is 14.2 Å². The number of amides is 2. The number of hydrogen-bond acceptors (Lipinski definition) is 5. The summed E-state index contributed by atoms with van der Waals surface area (Å²) in [5.74, 6) is 0.0148. The van der Waals surface area contributed by atoms with Crippen molar-refractivity contribution in [1.82, 2.24) is 20.6 Å². The summed E-state index contributed by atoms with van der Waals surface area (Å²) in [7, 11) is 0. The second-order valence-electron chi connectivity index (χ2n) is 10.3. The molecule has 3 fully saturated rings. The molecule has 8 heteroatoms. The highest BCUT2D eigenvalue weighted by Gasteiger charge is 2.38. The molecule has 1 aliphatic carbocycles. The van der Waals surface area contributed by atoms with Crippen LogP contribution >= 0.6 is 0 Å². The third kappa shape index (κ3) is 4.20. The molecule has 0 spiro atoms. The summed E-state index contributed by atoms with van der Waals surface area (Å²) in [6.45, 7) is 3.57. The van der Waals surface area contributed by atoms with E-state index in [1.165, 1.54) is 0 Å². The van der Waals surface area contributed by atoms with E-state index >= 15 is 0 Å². The van der Waals surface area contributed by atoms with Crippen molar-refractivity contribution in [3.05, 3.63) is 53.6 Å². The normalized spacial score (nSPS) is 24.8. The zero-order valence-corrected chi connectivity index (χ0v) is 19.9. The van der Waals surface area contributed by atoms with Crippen LogP contribution in [0.3, 0.4) is 0 Å². The number of halogens is 1. The molecule has 0 radical (unpaired) electrons. The Labute approximate surface area is 204 Å². The summed E-state index contributed by atoms with van der Waals surface area (Å²) >= 11 is 0. The number of anilines is 1. The van der Waals surface area contributed by atoms with Crippen molar-refractivity contribution in [2.75, 3.05) is 18.0 Å². The standard InChI is InChI=1S/C27H31FN6O/c1-15-10-17(12-18(28)11-15)20-14-30-23-5-4-21(16-2-3-22-24(13-16)33-27(35)32-22)31-25(23)26(20)34-8-6-19(29)7-9-34/h4-5,10-12,14,16,19,22,24H,2-3,6-9,13,29H2,1H3,(H2,32,33,35). The quantitative estimate of drug-likeness (QED) is 0.534. The number of urea groups is 1. The Balaban J connectivity index is 1.45. The highest BCUT2D eigenvalue weighted by atomic mass is 19.1. The molecule has 1 saturated carbocycles. The number of pyridine rings is 2. The van der Waals surface area contributed by atoms with Gasteiger partial charge in [0.15, 0.2) is 0 Å². The number of benzene rings is 1. The molecule has 2 saturated heterocycles. The molecule has 3 aliphatic rings. The van der Waals surface area contributed by atoms with Crippen molar-refractivity contribution in [3.8, 4) is 11.1 Å². The lowest BCUT2D eigenvalue weighted by Gasteiger charge is -2.34. The fourth-order valence-electron chi connectivity index (χ4n) is 5.99. The highest BCUT2D eigenvalue weighted by molar-refractivity contribution is 5.97. The molecule has 2 aliphatic heterocycles. The molecule has 35 heavy (non-hydrogen) atoms. The highest BCUT2D eigenvalue weighted by Crippen LogP contribution is 2.40. The number of fused-ring (bicyclic) bond motifs is 2. The predicted molar refractivity (Wildman–Crippen MR) is 135 cm³/mol. The minimum Gasteiger partial charge on any atom is -0.369 e. The van der Waals surface area contributed by atoms with E-state index in [2.05, 4.69) is 27.7 Å². The van der Waals surface area contributed by atoms with E-state index in [0.29, 0.717) is 0 Å². The first kappa shape index (κ1) is 22.2. The van der Waals surface area contributed by atoms with E-state index in [4.69, 9.17) is 15.7 Å². The van der Waals surface area contributed by atoms with Crippen molar-refractivity contribution < 1.29 is 9.18 Å². The Hall–Kier alpha value is -3.26. The van der Waals surface area contributed by atoms with Crippen LogP contribution in [-0.2, 0) is 0 Å². The summed E-state index contributed by atoms with van der Waals surface area (Å²) in [5, 5.41) is 6.08. The Kier molecular flexibility index (Phi) is 5.56. The van der Waals surface area contributed by atoms with Crippen LogP contribution in [0.25, 0.3) is 22.2 Å². The number of piperidine rings is 1. The summed E-state index contributed by atoms with van der Waals surface area (Å²) < 4.78 is 14.4. The van der Waals surface area contributed by atoms with Gasteiger partial charge in [-0.3, -0.25) is 4.98 Å². The molecule has 3 unspecified atom stereocenters. The van der Waals surface area contributed by atoms with Crippen molar-refractivity contribution >= 4 is 22.8 Å². The van der Waals surface area contributed by atoms with Gasteiger partial charge in [0.2, 0.25) is 0 Å². The van der Waals surface area contributed by atoms with Gasteiger partial charge in [0, 0.05) is 42.5 Å². The Bertz CT molecular complexity index is 1270. The average molecular weight is 475 g/mol. The molecule has 2 amide bonds. The summed E-state index contributed by atoms with van der Waals surface area (Å²) in [6.07, 6.45) is 6.45. The predicted octanol–water partition coefficient (Wildman–Crippen LogP) is 3.99. The minimum absolute atomic E-state index is 0.0723. The van der Waals surface area contributed by atoms with Crippen LogP contribution in [0.15, 0.2) is 36.5 Å². The summed E-state index contributed by atoms with van der Waals surface area (Å²) in [4.78, 5) is 24.1. The first-order chi connectivity index (χ1) is 16.9. The smallest absolute Gasteiger partial charge is 0.315 e. The number of carbonyl (C=O) groups excluding carboxylic acids is 1. The molecule has 3 atom stereocenters. The molecule has 1 aromatic carbocycles. The molecular weight excluding hydrogens is 443 g/mol. The number of aromatic nitrogens is 2. The maximum Gasteiger partial charge on any atom is 0.315 e. The maximum atomic E-state index is 14.4. The molecule has 0 bridgehead atoms. The van der Waals surface area contributed by atoms with Crippen molar-refractivity contribution in [1.29, 1.82) is 0 Å². The first-order valence-electron chi connectivity index (χ1n) is 12.6. The topological polar surface area (TPSA) is 96.2 Å². The number of aryl methyl sites for hydroxylation is 1. The van der Waals surface area contributed by atoms with Crippen LogP contribution in [-0.4, -0.2) is 47.2 Å². The minimum atomic E-state index is -0.252. The number of nitrogens with zero attached hydrogens (tertiary/aromatic N) is 3. The van der Waals surface area contributed by atoms with Gasteiger partial charge >= 0.3 is 6.03 Å². The fraction of sp³-hybridized carbons (Fsp3) is 0.444. The lowest BCUT2D eigenvalue weighted by Crippen LogP contribution is -2.40. The van der Waals surface area contributed by atoms with Gasteiger partial charge in [-0.1, -0.05) is 6.07 Å². The zero-order chi connectivity index (χ0) is 24.1. The Morgan fingerprint density at radius 2 is 1.86 bits per heavy atom. The number of nitrogens with two attached hydrogens (primary N) is 1. The Morgan fingerprint density at radius 1 is 1.06 bits per heavy atom. The van der Waals surface area contributed by atoms with E-state index in [9.17, 15) is 9.18 Å². The molecule has 3 aromatic rings. The SMILES string of the molecule is Cc1cc(F)cc(-c2cnc3ccc(C4CCC5NC(=O)NC5C4)nc3c2N2CCC(N)CC2)c1. The van der Waals surface area contributed by atoms with Gasteiger partial charge in [0.05, 0.1) is 23.3 Å². The molecule has 2 aromatic heterocycles. The van der Waals surface area contributed by atoms with E-state index < -0.39 is 0 Å². The second-order valence-corrected chi connectivity index (χ2v) is 10.3. The lowest BCUT2D eigenvalue weighted by molar-refractivity contribution is 0.247. The molecule has 4 N–H and O–H groups in total. The van der Waals surface area contributed by atoms with Gasteiger partial charge < -0.3 is 21.3 Å². The number of nitrogens with one attached hydrogen (secondary N) is 2. The third-order valence-corrected chi connectivity index (χ3v) is 7.82. The third-order valence-electron chi connectivity index (χ3n) is 7.82. The van der Waals surface area contributed by atoms with Crippen LogP contribution < -0.4 is 21.3 Å². The van der Waals surface area contributed by atoms with E-state index in [1.807, 2.05) is 19.2 Å². The van der Waals surface area contributed by atoms with Crippen molar-refractivity contribution in [3.63, 3.8) is 0 Å². The fourth-order valence-corrected chi connectivity index (χ4v) is 5.99. The first-order valence-corrected chi connectivity index (χ1v) is 12.6. The van der Waals surface area contributed by atoms with Crippen LogP contribution in [0.4, 0.5) is 14.9 Å². The largest absolute Gasteiger partial charge is 0.369 e. The van der Waals surface area contributed by atoms with Crippen LogP contribution in [0, 0.1) is 12.7 Å². The second kappa shape index (κ2) is 8.75. The van der Waals surface area contributed by atoms with E-state index in [0.717, 1.165) is 84.3 Å². The summed E-state index contributed by atoms with van der Waals surface area (Å²) in [6, 6.07) is 9.73. The molecule has 7 nitrogen and oxygen atoms in total. The molecule has 6 rings (SSSR count). The van der Waals surface area contributed by atoms with Gasteiger partial charge in [0.25, 0.3) is 0 Å². The Morgan fingerprint density at radius 3 is 2.66 bits per heavy atom. The maximum absolute atomic E-state index is 14.4. The van der Waals surface area contributed by atoms with Crippen LogP contribution in [0.5, 0.6) is 0 Å². The van der Waals surface area contributed by atoms with E-state index in [1.54, 1.807) is 12.1 Å². The van der Waals surface area contributed by atoms with Gasteiger partial charge in [0.1, 0.15) is 11.3 Å². The van der Waals surface area contributed by atoms with Crippen LogP contribution in [0.2, 0.25) is 0 Å². The van der Waals surface area contributed by atoms with Crippen LogP contribution in [0.1, 0.15) is 49.3 Å². The monoisotopic (exact) mass is 474 g/mol. The lowest BCUT2D eigenvalue weighted by atomic mass is 9.81. The van der Waals surface area contributed by atoms with Gasteiger partial charge in [-0.15, -0.1) is 0 Å². The molecule has 182 valence electrons. The van der Waals surface area contributed by atoms with E-state index in [-0.39, 0.29) is 35.9 Å². The van der Waals surface area contributed by atoms with Gasteiger partial charge in [-0.2, -0.15) is 0 Å². The number of hydrogen-bond donors (Lipinski definition) is 3. The number of rotatable bonds is 3. The average Bonchev–Trinajstić information content (AvgIpc) is 3.22. The molecular formula is C27H31FN6O. The number of carbonyl (C=O) groups is 1. The van der Waals surface area contributed by atoms with Gasteiger partial charge in [-0.05, 0) is 74.4 Å². The van der Waals surface area contributed by atoms with Crippen molar-refractivity contribution in [2.45, 2.75) is 63.1 Å².